The first-order valence-electron chi connectivity index (χ1n) is 9.68. The molecule has 0 saturated carbocycles. The Hall–Kier alpha value is -3.06. The average molecular weight is 423 g/mol. The summed E-state index contributed by atoms with van der Waals surface area (Å²) in [6, 6.07) is 13.8. The van der Waals surface area contributed by atoms with Crippen molar-refractivity contribution < 1.29 is 9.53 Å². The highest BCUT2D eigenvalue weighted by atomic mass is 32.2. The Labute approximate surface area is 181 Å². The molecule has 0 saturated heterocycles. The van der Waals surface area contributed by atoms with E-state index in [0.29, 0.717) is 24.1 Å². The average Bonchev–Trinajstić information content (AvgIpc) is 3.08. The number of aryl methyl sites for hydroxylation is 3. The van der Waals surface area contributed by atoms with Gasteiger partial charge in [0.2, 0.25) is 5.91 Å². The van der Waals surface area contributed by atoms with Crippen LogP contribution >= 0.6 is 11.8 Å². The summed E-state index contributed by atoms with van der Waals surface area (Å²) in [4.78, 5) is 12.3. The second-order valence-electron chi connectivity index (χ2n) is 7.11. The van der Waals surface area contributed by atoms with Crippen molar-refractivity contribution in [1.29, 1.82) is 0 Å². The molecule has 0 aliphatic carbocycles. The molecule has 30 heavy (non-hydrogen) atoms. The van der Waals surface area contributed by atoms with Gasteiger partial charge in [0, 0.05) is 12.2 Å². The first-order valence-corrected chi connectivity index (χ1v) is 10.7. The number of rotatable bonds is 9. The summed E-state index contributed by atoms with van der Waals surface area (Å²) >= 11 is 1.34. The van der Waals surface area contributed by atoms with Crippen molar-refractivity contribution in [1.82, 2.24) is 14.8 Å². The summed E-state index contributed by atoms with van der Waals surface area (Å²) in [6.45, 7) is 10.7. The zero-order valence-electron chi connectivity index (χ0n) is 17.5. The number of ether oxygens (including phenoxy) is 1. The molecule has 0 radical (unpaired) electrons. The predicted octanol–water partition coefficient (Wildman–Crippen LogP) is 4.70. The third-order valence-corrected chi connectivity index (χ3v) is 5.30. The van der Waals surface area contributed by atoms with E-state index in [0.717, 1.165) is 28.1 Å². The molecule has 3 rings (SSSR count). The van der Waals surface area contributed by atoms with Gasteiger partial charge in [0.05, 0.1) is 5.75 Å². The van der Waals surface area contributed by atoms with Crippen molar-refractivity contribution in [2.24, 2.45) is 0 Å². The summed E-state index contributed by atoms with van der Waals surface area (Å²) in [7, 11) is 0. The molecule has 0 aliphatic heterocycles. The zero-order valence-corrected chi connectivity index (χ0v) is 18.3. The normalized spacial score (nSPS) is 10.6. The van der Waals surface area contributed by atoms with Crippen LogP contribution in [0.25, 0.3) is 0 Å². The fourth-order valence-electron chi connectivity index (χ4n) is 2.97. The number of nitrogens with zero attached hydrogens (tertiary/aromatic N) is 3. The molecule has 1 amide bonds. The lowest BCUT2D eigenvalue weighted by Gasteiger charge is -2.10. The number of carbonyl (C=O) groups excluding carboxylic acids is 1. The molecule has 0 aliphatic rings. The molecule has 3 aromatic rings. The highest BCUT2D eigenvalue weighted by molar-refractivity contribution is 7.99. The Morgan fingerprint density at radius 1 is 1.10 bits per heavy atom. The summed E-state index contributed by atoms with van der Waals surface area (Å²) in [5, 5.41) is 12.0. The number of hydrogen-bond donors (Lipinski definition) is 1. The van der Waals surface area contributed by atoms with Crippen LogP contribution in [0, 0.1) is 20.8 Å². The Kier molecular flexibility index (Phi) is 7.30. The number of nitrogens with one attached hydrogen (secondary N) is 1. The Balaban J connectivity index is 1.62. The summed E-state index contributed by atoms with van der Waals surface area (Å²) < 4.78 is 7.84. The number of anilines is 1. The van der Waals surface area contributed by atoms with E-state index < -0.39 is 0 Å². The third kappa shape index (κ3) is 5.97. The first kappa shape index (κ1) is 21.6. The van der Waals surface area contributed by atoms with Gasteiger partial charge in [-0.3, -0.25) is 9.36 Å². The maximum Gasteiger partial charge on any atom is 0.234 e. The van der Waals surface area contributed by atoms with Crippen molar-refractivity contribution in [3.05, 3.63) is 77.6 Å². The lowest BCUT2D eigenvalue weighted by Crippen LogP contribution is -2.15. The number of aromatic nitrogens is 3. The number of hydrogen-bond acceptors (Lipinski definition) is 5. The van der Waals surface area contributed by atoms with Gasteiger partial charge in [0.25, 0.3) is 0 Å². The quantitative estimate of drug-likeness (QED) is 0.400. The van der Waals surface area contributed by atoms with Crippen LogP contribution in [0.15, 0.2) is 60.3 Å². The van der Waals surface area contributed by atoms with E-state index >= 15 is 0 Å². The number of carbonyl (C=O) groups is 1. The number of allylic oxidation sites excluding steroid dienone is 1. The van der Waals surface area contributed by atoms with Gasteiger partial charge < -0.3 is 10.1 Å². The van der Waals surface area contributed by atoms with E-state index in [-0.39, 0.29) is 11.7 Å². The van der Waals surface area contributed by atoms with Gasteiger partial charge in [-0.2, -0.15) is 0 Å². The minimum Gasteiger partial charge on any atom is -0.486 e. The van der Waals surface area contributed by atoms with E-state index in [1.54, 1.807) is 6.08 Å². The Morgan fingerprint density at radius 3 is 2.47 bits per heavy atom. The molecule has 1 heterocycles. The van der Waals surface area contributed by atoms with E-state index in [4.69, 9.17) is 4.74 Å². The fourth-order valence-corrected chi connectivity index (χ4v) is 3.74. The van der Waals surface area contributed by atoms with E-state index in [9.17, 15) is 4.79 Å². The maximum absolute atomic E-state index is 12.3. The minimum atomic E-state index is -0.0926. The highest BCUT2D eigenvalue weighted by Gasteiger charge is 2.14. The topological polar surface area (TPSA) is 69.0 Å². The molecule has 0 atom stereocenters. The molecule has 0 bridgehead atoms. The van der Waals surface area contributed by atoms with E-state index in [2.05, 4.69) is 28.2 Å². The van der Waals surface area contributed by atoms with Crippen LogP contribution in [0.3, 0.4) is 0 Å². The van der Waals surface area contributed by atoms with Crippen LogP contribution in [0.5, 0.6) is 5.75 Å². The van der Waals surface area contributed by atoms with Crippen molar-refractivity contribution in [3.8, 4) is 5.75 Å². The smallest absolute Gasteiger partial charge is 0.234 e. The van der Waals surface area contributed by atoms with Gasteiger partial charge in [-0.25, -0.2) is 0 Å². The molecule has 1 N–H and O–H groups in total. The largest absolute Gasteiger partial charge is 0.486 e. The van der Waals surface area contributed by atoms with Crippen LogP contribution < -0.4 is 10.1 Å². The fraction of sp³-hybridized carbons (Fsp3) is 0.261. The molecule has 2 aromatic carbocycles. The monoisotopic (exact) mass is 422 g/mol. The van der Waals surface area contributed by atoms with Crippen molar-refractivity contribution >= 4 is 23.4 Å². The zero-order chi connectivity index (χ0) is 21.5. The van der Waals surface area contributed by atoms with Crippen molar-refractivity contribution in [2.45, 2.75) is 39.1 Å². The predicted molar refractivity (Wildman–Crippen MR) is 121 cm³/mol. The molecule has 156 valence electrons. The molecule has 1 aromatic heterocycles. The molecule has 6 nitrogen and oxygen atoms in total. The van der Waals surface area contributed by atoms with Gasteiger partial charge in [-0.1, -0.05) is 41.6 Å². The standard InChI is InChI=1S/C23H26N4O2S/c1-5-10-27-21(14-29-20-12-17(3)11-18(4)13-20)25-26-23(27)30-15-22(28)24-19-8-6-16(2)7-9-19/h5-9,11-13H,1,10,14-15H2,2-4H3,(H,24,28). The van der Waals surface area contributed by atoms with Gasteiger partial charge in [-0.15, -0.1) is 16.8 Å². The summed E-state index contributed by atoms with van der Waals surface area (Å²) in [5.74, 6) is 1.63. The van der Waals surface area contributed by atoms with Crippen LogP contribution in [-0.2, 0) is 17.9 Å². The third-order valence-electron chi connectivity index (χ3n) is 4.34. The number of benzene rings is 2. The van der Waals surface area contributed by atoms with Gasteiger partial charge >= 0.3 is 0 Å². The Morgan fingerprint density at radius 2 is 1.80 bits per heavy atom. The van der Waals surface area contributed by atoms with Crippen LogP contribution in [0.2, 0.25) is 0 Å². The van der Waals surface area contributed by atoms with E-state index in [1.807, 2.05) is 61.7 Å². The number of amides is 1. The lowest BCUT2D eigenvalue weighted by atomic mass is 10.1. The molecule has 0 spiro atoms. The van der Waals surface area contributed by atoms with Crippen molar-refractivity contribution in [3.63, 3.8) is 0 Å². The molecular weight excluding hydrogens is 396 g/mol. The van der Waals surface area contributed by atoms with Crippen LogP contribution in [0.4, 0.5) is 5.69 Å². The highest BCUT2D eigenvalue weighted by Crippen LogP contribution is 2.21. The summed E-state index contributed by atoms with van der Waals surface area (Å²) in [6.07, 6.45) is 1.78. The SMILES string of the molecule is C=CCn1c(COc2cc(C)cc(C)c2)nnc1SCC(=O)Nc1ccc(C)cc1. The molecule has 0 unspecified atom stereocenters. The second-order valence-corrected chi connectivity index (χ2v) is 8.06. The minimum absolute atomic E-state index is 0.0926. The van der Waals surface area contributed by atoms with Crippen molar-refractivity contribution in [2.75, 3.05) is 11.1 Å². The van der Waals surface area contributed by atoms with Gasteiger partial charge in [-0.05, 0) is 56.2 Å². The van der Waals surface area contributed by atoms with Crippen LogP contribution in [0.1, 0.15) is 22.5 Å². The van der Waals surface area contributed by atoms with Crippen LogP contribution in [-0.4, -0.2) is 26.4 Å². The van der Waals surface area contributed by atoms with Gasteiger partial charge in [0.15, 0.2) is 11.0 Å². The molecule has 0 fully saturated rings. The van der Waals surface area contributed by atoms with E-state index in [1.165, 1.54) is 11.8 Å². The molecular formula is C23H26N4O2S. The maximum atomic E-state index is 12.3. The van der Waals surface area contributed by atoms with Gasteiger partial charge in [0.1, 0.15) is 12.4 Å². The Bertz CT molecular complexity index is 1010. The first-order chi connectivity index (χ1) is 14.4. The second kappa shape index (κ2) is 10.1. The summed E-state index contributed by atoms with van der Waals surface area (Å²) in [5.41, 5.74) is 4.22. The molecule has 7 heteroatoms. The number of thioether (sulfide) groups is 1. The lowest BCUT2D eigenvalue weighted by molar-refractivity contribution is -0.113.